The summed E-state index contributed by atoms with van der Waals surface area (Å²) in [5, 5.41) is 13.0. The second kappa shape index (κ2) is 4.03. The van der Waals surface area contributed by atoms with E-state index in [9.17, 15) is 5.11 Å². The molecular weight excluding hydrogens is 152 g/mol. The standard InChI is InChI=1S/C9H18N2O/c1-3-5-11-6-4-10-7-9(2,12)8-11/h3,10,12H,1,4-8H2,2H3. The van der Waals surface area contributed by atoms with Gasteiger partial charge in [-0.25, -0.2) is 0 Å². The predicted molar refractivity (Wildman–Crippen MR) is 50.1 cm³/mol. The van der Waals surface area contributed by atoms with Gasteiger partial charge in [-0.05, 0) is 6.92 Å². The van der Waals surface area contributed by atoms with Crippen LogP contribution in [0.15, 0.2) is 12.7 Å². The summed E-state index contributed by atoms with van der Waals surface area (Å²) < 4.78 is 0. The highest BCUT2D eigenvalue weighted by Gasteiger charge is 2.25. The molecule has 3 nitrogen and oxygen atoms in total. The first-order valence-corrected chi connectivity index (χ1v) is 4.40. The summed E-state index contributed by atoms with van der Waals surface area (Å²) in [7, 11) is 0. The largest absolute Gasteiger partial charge is 0.388 e. The summed E-state index contributed by atoms with van der Waals surface area (Å²) in [5.41, 5.74) is -0.598. The molecule has 0 bridgehead atoms. The number of hydrogen-bond donors (Lipinski definition) is 2. The number of nitrogens with one attached hydrogen (secondary N) is 1. The summed E-state index contributed by atoms with van der Waals surface area (Å²) in [6.45, 7) is 9.76. The van der Waals surface area contributed by atoms with E-state index in [4.69, 9.17) is 0 Å². The normalized spacial score (nSPS) is 32.8. The second-order valence-corrected chi connectivity index (χ2v) is 3.70. The fraction of sp³-hybridized carbons (Fsp3) is 0.778. The van der Waals surface area contributed by atoms with Gasteiger partial charge in [-0.15, -0.1) is 6.58 Å². The van der Waals surface area contributed by atoms with Gasteiger partial charge < -0.3 is 10.4 Å². The van der Waals surface area contributed by atoms with Gasteiger partial charge in [0.15, 0.2) is 0 Å². The van der Waals surface area contributed by atoms with Crippen LogP contribution in [0.1, 0.15) is 6.92 Å². The van der Waals surface area contributed by atoms with Gasteiger partial charge in [-0.3, -0.25) is 4.90 Å². The molecule has 2 N–H and O–H groups in total. The van der Waals surface area contributed by atoms with Crippen LogP contribution >= 0.6 is 0 Å². The molecule has 0 aromatic rings. The van der Waals surface area contributed by atoms with Crippen molar-refractivity contribution >= 4 is 0 Å². The zero-order valence-corrected chi connectivity index (χ0v) is 7.71. The Bertz CT molecular complexity index is 157. The Balaban J connectivity index is 2.47. The topological polar surface area (TPSA) is 35.5 Å². The molecule has 0 aromatic carbocycles. The van der Waals surface area contributed by atoms with Gasteiger partial charge in [-0.2, -0.15) is 0 Å². The molecule has 3 heteroatoms. The number of β-amino-alcohol motifs (C(OH)–C–C–N with tert-alkyl or cyclic N) is 1. The zero-order valence-electron chi connectivity index (χ0n) is 7.71. The number of rotatable bonds is 2. The van der Waals surface area contributed by atoms with Crippen LogP contribution in [0.25, 0.3) is 0 Å². The highest BCUT2D eigenvalue weighted by molar-refractivity contribution is 4.86. The first-order valence-electron chi connectivity index (χ1n) is 4.40. The van der Waals surface area contributed by atoms with E-state index in [-0.39, 0.29) is 0 Å². The van der Waals surface area contributed by atoms with Crippen molar-refractivity contribution in [2.45, 2.75) is 12.5 Å². The minimum atomic E-state index is -0.598. The monoisotopic (exact) mass is 170 g/mol. The summed E-state index contributed by atoms with van der Waals surface area (Å²) >= 11 is 0. The van der Waals surface area contributed by atoms with Crippen molar-refractivity contribution in [3.63, 3.8) is 0 Å². The van der Waals surface area contributed by atoms with Crippen molar-refractivity contribution in [1.29, 1.82) is 0 Å². The van der Waals surface area contributed by atoms with Crippen molar-refractivity contribution in [1.82, 2.24) is 10.2 Å². The van der Waals surface area contributed by atoms with Gasteiger partial charge in [0.2, 0.25) is 0 Å². The van der Waals surface area contributed by atoms with Crippen molar-refractivity contribution in [2.75, 3.05) is 32.7 Å². The smallest absolute Gasteiger partial charge is 0.0869 e. The van der Waals surface area contributed by atoms with Crippen LogP contribution in [0.3, 0.4) is 0 Å². The maximum absolute atomic E-state index is 9.81. The Kier molecular flexibility index (Phi) is 3.26. The van der Waals surface area contributed by atoms with E-state index in [1.165, 1.54) is 0 Å². The third-order valence-corrected chi connectivity index (χ3v) is 2.06. The minimum Gasteiger partial charge on any atom is -0.388 e. The second-order valence-electron chi connectivity index (χ2n) is 3.70. The van der Waals surface area contributed by atoms with E-state index in [0.29, 0.717) is 6.54 Å². The fourth-order valence-electron chi connectivity index (χ4n) is 1.55. The van der Waals surface area contributed by atoms with E-state index in [1.807, 2.05) is 13.0 Å². The summed E-state index contributed by atoms with van der Waals surface area (Å²) in [6, 6.07) is 0. The van der Waals surface area contributed by atoms with Gasteiger partial charge in [0.25, 0.3) is 0 Å². The molecule has 70 valence electrons. The molecule has 1 unspecified atom stereocenters. The van der Waals surface area contributed by atoms with Gasteiger partial charge in [0.05, 0.1) is 5.60 Å². The molecule has 0 aliphatic carbocycles. The van der Waals surface area contributed by atoms with Crippen molar-refractivity contribution in [3.05, 3.63) is 12.7 Å². The Morgan fingerprint density at radius 3 is 3.17 bits per heavy atom. The van der Waals surface area contributed by atoms with E-state index in [1.54, 1.807) is 0 Å². The van der Waals surface area contributed by atoms with Crippen LogP contribution < -0.4 is 5.32 Å². The number of hydrogen-bond acceptors (Lipinski definition) is 3. The lowest BCUT2D eigenvalue weighted by atomic mass is 10.1. The predicted octanol–water partition coefficient (Wildman–Crippen LogP) is -0.171. The van der Waals surface area contributed by atoms with Crippen LogP contribution in [0.5, 0.6) is 0 Å². The molecule has 1 aliphatic heterocycles. The zero-order chi connectivity index (χ0) is 9.03. The van der Waals surface area contributed by atoms with Crippen molar-refractivity contribution < 1.29 is 5.11 Å². The molecule has 1 heterocycles. The highest BCUT2D eigenvalue weighted by Crippen LogP contribution is 2.07. The van der Waals surface area contributed by atoms with Crippen LogP contribution in [0.4, 0.5) is 0 Å². The third kappa shape index (κ3) is 2.93. The molecular formula is C9H18N2O. The van der Waals surface area contributed by atoms with Crippen LogP contribution in [-0.4, -0.2) is 48.3 Å². The fourth-order valence-corrected chi connectivity index (χ4v) is 1.55. The average Bonchev–Trinajstić information content (AvgIpc) is 2.11. The summed E-state index contributed by atoms with van der Waals surface area (Å²) in [4.78, 5) is 2.20. The first-order chi connectivity index (χ1) is 5.64. The molecule has 12 heavy (non-hydrogen) atoms. The SMILES string of the molecule is C=CCN1CCNCC(C)(O)C1. The number of nitrogens with zero attached hydrogens (tertiary/aromatic N) is 1. The van der Waals surface area contributed by atoms with E-state index >= 15 is 0 Å². The van der Waals surface area contributed by atoms with Gasteiger partial charge >= 0.3 is 0 Å². The van der Waals surface area contributed by atoms with Gasteiger partial charge in [0, 0.05) is 32.7 Å². The average molecular weight is 170 g/mol. The van der Waals surface area contributed by atoms with E-state index in [0.717, 1.165) is 26.2 Å². The number of aliphatic hydroxyl groups is 1. The highest BCUT2D eigenvalue weighted by atomic mass is 16.3. The lowest BCUT2D eigenvalue weighted by Crippen LogP contribution is -2.43. The molecule has 1 fully saturated rings. The van der Waals surface area contributed by atoms with Crippen LogP contribution in [-0.2, 0) is 0 Å². The quantitative estimate of drug-likeness (QED) is 0.565. The van der Waals surface area contributed by atoms with E-state index < -0.39 is 5.60 Å². The Morgan fingerprint density at radius 2 is 2.50 bits per heavy atom. The molecule has 1 saturated heterocycles. The van der Waals surface area contributed by atoms with Crippen molar-refractivity contribution in [3.8, 4) is 0 Å². The molecule has 0 amide bonds. The van der Waals surface area contributed by atoms with Gasteiger partial charge in [0.1, 0.15) is 0 Å². The van der Waals surface area contributed by atoms with E-state index in [2.05, 4.69) is 16.8 Å². The Morgan fingerprint density at radius 1 is 1.75 bits per heavy atom. The molecule has 0 radical (unpaired) electrons. The van der Waals surface area contributed by atoms with Gasteiger partial charge in [-0.1, -0.05) is 6.08 Å². The lowest BCUT2D eigenvalue weighted by molar-refractivity contribution is 0.0373. The molecule has 1 aliphatic rings. The minimum absolute atomic E-state index is 0.598. The first kappa shape index (κ1) is 9.71. The maximum atomic E-state index is 9.81. The third-order valence-electron chi connectivity index (χ3n) is 2.06. The molecule has 0 saturated carbocycles. The molecule has 1 rings (SSSR count). The summed E-state index contributed by atoms with van der Waals surface area (Å²) in [6.07, 6.45) is 1.88. The molecule has 0 spiro atoms. The van der Waals surface area contributed by atoms with Crippen LogP contribution in [0.2, 0.25) is 0 Å². The molecule has 1 atom stereocenters. The van der Waals surface area contributed by atoms with Crippen LogP contribution in [0, 0.1) is 0 Å². The lowest BCUT2D eigenvalue weighted by Gasteiger charge is -2.26. The van der Waals surface area contributed by atoms with Crippen molar-refractivity contribution in [2.24, 2.45) is 0 Å². The maximum Gasteiger partial charge on any atom is 0.0869 e. The Labute approximate surface area is 74.1 Å². The summed E-state index contributed by atoms with van der Waals surface area (Å²) in [5.74, 6) is 0. The molecule has 0 aromatic heterocycles. The Hall–Kier alpha value is -0.380.